The maximum atomic E-state index is 9.14. The van der Waals surface area contributed by atoms with Crippen LogP contribution in [0.4, 0.5) is 0 Å². The third-order valence-corrected chi connectivity index (χ3v) is 7.10. The second-order valence-electron chi connectivity index (χ2n) is 7.18. The molecule has 0 saturated carbocycles. The van der Waals surface area contributed by atoms with Crippen LogP contribution >= 0.6 is 23.1 Å². The zero-order valence-electron chi connectivity index (χ0n) is 16.1. The van der Waals surface area contributed by atoms with Gasteiger partial charge in [0.15, 0.2) is 0 Å². The number of thiazole rings is 1. The van der Waals surface area contributed by atoms with E-state index in [2.05, 4.69) is 54.4 Å². The molecule has 0 radical (unpaired) electrons. The predicted molar refractivity (Wildman–Crippen MR) is 117 cm³/mol. The number of aliphatic hydroxyl groups excluding tert-OH is 1. The fourth-order valence-corrected chi connectivity index (χ4v) is 5.28. The molecule has 1 aliphatic rings. The molecule has 0 bridgehead atoms. The van der Waals surface area contributed by atoms with E-state index in [1.807, 2.05) is 6.07 Å². The van der Waals surface area contributed by atoms with Gasteiger partial charge in [-0.25, -0.2) is 4.98 Å². The van der Waals surface area contributed by atoms with Crippen molar-refractivity contribution in [1.29, 1.82) is 0 Å². The average Bonchev–Trinajstić information content (AvgIpc) is 3.16. The first kappa shape index (κ1) is 19.9. The van der Waals surface area contributed by atoms with Gasteiger partial charge in [-0.3, -0.25) is 0 Å². The van der Waals surface area contributed by atoms with Gasteiger partial charge in [0.1, 0.15) is 11.1 Å². The van der Waals surface area contributed by atoms with Gasteiger partial charge in [0.05, 0.1) is 22.9 Å². The van der Waals surface area contributed by atoms with Crippen molar-refractivity contribution < 1.29 is 9.84 Å². The summed E-state index contributed by atoms with van der Waals surface area (Å²) in [7, 11) is 2.17. The fourth-order valence-electron chi connectivity index (χ4n) is 3.53. The smallest absolute Gasteiger partial charge is 0.134 e. The molecule has 0 amide bonds. The number of likely N-dealkylation sites (tertiary alicyclic amines) is 1. The second-order valence-corrected chi connectivity index (χ2v) is 9.41. The molecule has 148 valence electrons. The van der Waals surface area contributed by atoms with E-state index in [9.17, 15) is 0 Å². The number of thioether (sulfide) groups is 1. The van der Waals surface area contributed by atoms with E-state index in [1.54, 1.807) is 23.1 Å². The predicted octanol–water partition coefficient (Wildman–Crippen LogP) is 4.58. The summed E-state index contributed by atoms with van der Waals surface area (Å²) in [6, 6.07) is 16.8. The van der Waals surface area contributed by atoms with Crippen molar-refractivity contribution in [2.75, 3.05) is 32.5 Å². The Morgan fingerprint density at radius 2 is 2.04 bits per heavy atom. The molecular formula is C22H26N2O2S2. The standard InChI is InChI=1S/C22H26N2O2S2/c1-24-11-9-17(10-12-24)26-21(16-5-4-6-18(15-16)27-14-13-25)22-23-19-7-2-3-8-20(19)28-22/h2-8,15,17,21,25H,9-14H2,1H3. The van der Waals surface area contributed by atoms with Gasteiger partial charge in [0, 0.05) is 23.7 Å². The molecule has 0 aliphatic carbocycles. The molecule has 1 N–H and O–H groups in total. The molecular weight excluding hydrogens is 388 g/mol. The number of hydrogen-bond acceptors (Lipinski definition) is 6. The number of piperidine rings is 1. The molecule has 4 nitrogen and oxygen atoms in total. The van der Waals surface area contributed by atoms with Crippen LogP contribution in [0.2, 0.25) is 0 Å². The van der Waals surface area contributed by atoms with E-state index in [0.29, 0.717) is 5.75 Å². The number of aliphatic hydroxyl groups is 1. The van der Waals surface area contributed by atoms with Crippen LogP contribution in [-0.4, -0.2) is 53.6 Å². The summed E-state index contributed by atoms with van der Waals surface area (Å²) < 4.78 is 7.86. The Morgan fingerprint density at radius 3 is 2.82 bits per heavy atom. The second kappa shape index (κ2) is 9.37. The normalized spacial score (nSPS) is 17.2. The first-order valence-corrected chi connectivity index (χ1v) is 11.6. The molecule has 6 heteroatoms. The van der Waals surface area contributed by atoms with Gasteiger partial charge in [-0.1, -0.05) is 24.3 Å². The van der Waals surface area contributed by atoms with Gasteiger partial charge in [-0.2, -0.15) is 0 Å². The van der Waals surface area contributed by atoms with Gasteiger partial charge in [0.2, 0.25) is 0 Å². The van der Waals surface area contributed by atoms with E-state index < -0.39 is 0 Å². The molecule has 2 heterocycles. The molecule has 1 aliphatic heterocycles. The highest BCUT2D eigenvalue weighted by atomic mass is 32.2. The molecule has 1 aromatic heterocycles. The highest BCUT2D eigenvalue weighted by Gasteiger charge is 2.26. The largest absolute Gasteiger partial charge is 0.396 e. The minimum Gasteiger partial charge on any atom is -0.396 e. The van der Waals surface area contributed by atoms with Crippen molar-refractivity contribution in [3.05, 3.63) is 59.1 Å². The van der Waals surface area contributed by atoms with Crippen molar-refractivity contribution >= 4 is 33.3 Å². The van der Waals surface area contributed by atoms with Crippen molar-refractivity contribution in [3.63, 3.8) is 0 Å². The van der Waals surface area contributed by atoms with Crippen LogP contribution in [0.15, 0.2) is 53.4 Å². The highest BCUT2D eigenvalue weighted by molar-refractivity contribution is 7.99. The Labute approximate surface area is 174 Å². The van der Waals surface area contributed by atoms with Crippen LogP contribution in [0.3, 0.4) is 0 Å². The van der Waals surface area contributed by atoms with Crippen molar-refractivity contribution in [2.24, 2.45) is 0 Å². The Kier molecular flexibility index (Phi) is 6.65. The van der Waals surface area contributed by atoms with Crippen molar-refractivity contribution in [2.45, 2.75) is 29.9 Å². The maximum Gasteiger partial charge on any atom is 0.134 e. The van der Waals surface area contributed by atoms with E-state index in [4.69, 9.17) is 14.8 Å². The van der Waals surface area contributed by atoms with Crippen molar-refractivity contribution in [3.8, 4) is 0 Å². The lowest BCUT2D eigenvalue weighted by atomic mass is 10.1. The number of rotatable bonds is 7. The summed E-state index contributed by atoms with van der Waals surface area (Å²) in [5, 5.41) is 10.2. The summed E-state index contributed by atoms with van der Waals surface area (Å²) in [5.41, 5.74) is 2.17. The minimum atomic E-state index is -0.152. The van der Waals surface area contributed by atoms with Crippen LogP contribution in [0.25, 0.3) is 10.2 Å². The summed E-state index contributed by atoms with van der Waals surface area (Å²) in [5.74, 6) is 0.699. The Bertz CT molecular complexity index is 873. The Balaban J connectivity index is 1.64. The first-order valence-electron chi connectivity index (χ1n) is 9.76. The monoisotopic (exact) mass is 414 g/mol. The van der Waals surface area contributed by atoms with Crippen molar-refractivity contribution in [1.82, 2.24) is 9.88 Å². The van der Waals surface area contributed by atoms with Gasteiger partial charge >= 0.3 is 0 Å². The van der Waals surface area contributed by atoms with E-state index in [1.165, 1.54) is 4.70 Å². The van der Waals surface area contributed by atoms with E-state index >= 15 is 0 Å². The highest BCUT2D eigenvalue weighted by Crippen LogP contribution is 2.36. The lowest BCUT2D eigenvalue weighted by Crippen LogP contribution is -2.35. The third-order valence-electron chi connectivity index (χ3n) is 5.05. The number of ether oxygens (including phenoxy) is 1. The number of nitrogens with zero attached hydrogens (tertiary/aromatic N) is 2. The van der Waals surface area contributed by atoms with Crippen LogP contribution in [0.5, 0.6) is 0 Å². The zero-order valence-corrected chi connectivity index (χ0v) is 17.7. The van der Waals surface area contributed by atoms with Gasteiger partial charge in [0.25, 0.3) is 0 Å². The molecule has 1 fully saturated rings. The van der Waals surface area contributed by atoms with Crippen LogP contribution in [-0.2, 0) is 4.74 Å². The van der Waals surface area contributed by atoms with Crippen LogP contribution < -0.4 is 0 Å². The number of hydrogen-bond donors (Lipinski definition) is 1. The van der Waals surface area contributed by atoms with E-state index in [0.717, 1.165) is 46.9 Å². The van der Waals surface area contributed by atoms with E-state index in [-0.39, 0.29) is 18.8 Å². The molecule has 4 rings (SSSR count). The molecule has 3 aromatic rings. The number of fused-ring (bicyclic) bond motifs is 1. The summed E-state index contributed by atoms with van der Waals surface area (Å²) in [6.45, 7) is 2.33. The number of para-hydroxylation sites is 1. The number of benzene rings is 2. The molecule has 1 saturated heterocycles. The summed E-state index contributed by atoms with van der Waals surface area (Å²) in [4.78, 5) is 8.41. The Morgan fingerprint density at radius 1 is 1.21 bits per heavy atom. The quantitative estimate of drug-likeness (QED) is 0.573. The summed E-state index contributed by atoms with van der Waals surface area (Å²) >= 11 is 3.39. The molecule has 1 atom stereocenters. The third kappa shape index (κ3) is 4.75. The molecule has 28 heavy (non-hydrogen) atoms. The minimum absolute atomic E-state index is 0.152. The van der Waals surface area contributed by atoms with Gasteiger partial charge in [-0.15, -0.1) is 23.1 Å². The maximum absolute atomic E-state index is 9.14. The van der Waals surface area contributed by atoms with Crippen LogP contribution in [0, 0.1) is 0 Å². The average molecular weight is 415 g/mol. The molecule has 1 unspecified atom stereocenters. The Hall–Kier alpha value is -1.44. The number of aromatic nitrogens is 1. The summed E-state index contributed by atoms with van der Waals surface area (Å²) in [6.07, 6.45) is 2.20. The molecule has 2 aromatic carbocycles. The first-order chi connectivity index (χ1) is 13.7. The zero-order chi connectivity index (χ0) is 19.3. The lowest BCUT2D eigenvalue weighted by molar-refractivity contribution is -0.0235. The topological polar surface area (TPSA) is 45.6 Å². The van der Waals surface area contributed by atoms with Gasteiger partial charge in [-0.05, 0) is 49.7 Å². The van der Waals surface area contributed by atoms with Crippen LogP contribution in [0.1, 0.15) is 29.5 Å². The molecule has 0 spiro atoms. The SMILES string of the molecule is CN1CCC(OC(c2cccc(SCCO)c2)c2nc3ccccc3s2)CC1. The van der Waals surface area contributed by atoms with Gasteiger partial charge < -0.3 is 14.7 Å². The fraction of sp³-hybridized carbons (Fsp3) is 0.409. The lowest BCUT2D eigenvalue weighted by Gasteiger charge is -2.31.